The highest BCUT2D eigenvalue weighted by atomic mass is 35.5. The number of aromatic nitrogens is 2. The minimum Gasteiger partial charge on any atom is -0.310 e. The smallest absolute Gasteiger partial charge is 0.0662 e. The standard InChI is InChI=1S/C15H20ClN3/c1-11(2)17-8-14-9-18-19(12(14)3)10-13-4-6-15(16)7-5-13/h4-7,9,11,17H,8,10H2,1-3H3. The molecular formula is C15H20ClN3. The van der Waals surface area contributed by atoms with Crippen LogP contribution in [0.5, 0.6) is 0 Å². The van der Waals surface area contributed by atoms with E-state index < -0.39 is 0 Å². The Labute approximate surface area is 119 Å². The maximum Gasteiger partial charge on any atom is 0.0662 e. The average Bonchev–Trinajstić information content (AvgIpc) is 2.71. The van der Waals surface area contributed by atoms with Crippen molar-refractivity contribution in [3.05, 3.63) is 52.3 Å². The quantitative estimate of drug-likeness (QED) is 0.908. The Bertz CT molecular complexity index is 529. The second kappa shape index (κ2) is 6.22. The van der Waals surface area contributed by atoms with E-state index in [0.29, 0.717) is 6.04 Å². The SMILES string of the molecule is Cc1c(CNC(C)C)cnn1Cc1ccc(Cl)cc1. The van der Waals surface area contributed by atoms with Gasteiger partial charge < -0.3 is 5.32 Å². The predicted octanol–water partition coefficient (Wildman–Crippen LogP) is 3.39. The van der Waals surface area contributed by atoms with Gasteiger partial charge in [-0.2, -0.15) is 5.10 Å². The molecule has 1 N–H and O–H groups in total. The molecule has 0 saturated carbocycles. The monoisotopic (exact) mass is 277 g/mol. The van der Waals surface area contributed by atoms with Crippen LogP contribution in [-0.2, 0) is 13.1 Å². The summed E-state index contributed by atoms with van der Waals surface area (Å²) in [4.78, 5) is 0. The van der Waals surface area contributed by atoms with E-state index in [1.54, 1.807) is 0 Å². The molecule has 0 fully saturated rings. The van der Waals surface area contributed by atoms with E-state index in [9.17, 15) is 0 Å². The molecule has 3 nitrogen and oxygen atoms in total. The molecule has 4 heteroatoms. The molecule has 1 aromatic carbocycles. The van der Waals surface area contributed by atoms with Gasteiger partial charge in [0.05, 0.1) is 12.7 Å². The van der Waals surface area contributed by atoms with Gasteiger partial charge in [0.2, 0.25) is 0 Å². The number of halogens is 1. The van der Waals surface area contributed by atoms with E-state index >= 15 is 0 Å². The molecule has 0 spiro atoms. The highest BCUT2D eigenvalue weighted by Crippen LogP contribution is 2.13. The Kier molecular flexibility index (Phi) is 4.61. The molecule has 0 saturated heterocycles. The summed E-state index contributed by atoms with van der Waals surface area (Å²) in [7, 11) is 0. The molecule has 0 unspecified atom stereocenters. The van der Waals surface area contributed by atoms with Crippen molar-refractivity contribution in [3.8, 4) is 0 Å². The summed E-state index contributed by atoms with van der Waals surface area (Å²) in [6.45, 7) is 8.05. The van der Waals surface area contributed by atoms with Gasteiger partial charge in [-0.1, -0.05) is 37.6 Å². The summed E-state index contributed by atoms with van der Waals surface area (Å²) in [6.07, 6.45) is 1.95. The van der Waals surface area contributed by atoms with Crippen molar-refractivity contribution in [1.82, 2.24) is 15.1 Å². The van der Waals surface area contributed by atoms with E-state index in [0.717, 1.165) is 18.1 Å². The summed E-state index contributed by atoms with van der Waals surface area (Å²) >= 11 is 5.89. The summed E-state index contributed by atoms with van der Waals surface area (Å²) in [5.41, 5.74) is 3.67. The molecule has 2 aromatic rings. The van der Waals surface area contributed by atoms with E-state index in [-0.39, 0.29) is 0 Å². The molecule has 2 rings (SSSR count). The molecule has 102 valence electrons. The van der Waals surface area contributed by atoms with Crippen molar-refractivity contribution in [1.29, 1.82) is 0 Å². The Morgan fingerprint density at radius 3 is 2.58 bits per heavy atom. The average molecular weight is 278 g/mol. The first-order valence-electron chi connectivity index (χ1n) is 6.55. The van der Waals surface area contributed by atoms with Crippen molar-refractivity contribution >= 4 is 11.6 Å². The summed E-state index contributed by atoms with van der Waals surface area (Å²) < 4.78 is 2.03. The second-order valence-electron chi connectivity index (χ2n) is 5.07. The fourth-order valence-corrected chi connectivity index (χ4v) is 2.02. The molecule has 0 amide bonds. The largest absolute Gasteiger partial charge is 0.310 e. The van der Waals surface area contributed by atoms with Crippen molar-refractivity contribution < 1.29 is 0 Å². The zero-order valence-electron chi connectivity index (χ0n) is 11.7. The zero-order chi connectivity index (χ0) is 13.8. The van der Waals surface area contributed by atoms with Gasteiger partial charge in [-0.3, -0.25) is 4.68 Å². The van der Waals surface area contributed by atoms with Gasteiger partial charge in [-0.15, -0.1) is 0 Å². The molecule has 0 bridgehead atoms. The maximum atomic E-state index is 5.89. The van der Waals surface area contributed by atoms with Gasteiger partial charge in [0.25, 0.3) is 0 Å². The third-order valence-electron chi connectivity index (χ3n) is 3.15. The number of benzene rings is 1. The third kappa shape index (κ3) is 3.82. The highest BCUT2D eigenvalue weighted by molar-refractivity contribution is 6.30. The molecular weight excluding hydrogens is 258 g/mol. The molecule has 0 radical (unpaired) electrons. The van der Waals surface area contributed by atoms with Gasteiger partial charge in [0.1, 0.15) is 0 Å². The number of nitrogens with zero attached hydrogens (tertiary/aromatic N) is 2. The number of hydrogen-bond donors (Lipinski definition) is 1. The van der Waals surface area contributed by atoms with Crippen LogP contribution >= 0.6 is 11.6 Å². The van der Waals surface area contributed by atoms with Crippen LogP contribution < -0.4 is 5.32 Å². The van der Waals surface area contributed by atoms with Crippen LogP contribution in [0.4, 0.5) is 0 Å². The summed E-state index contributed by atoms with van der Waals surface area (Å²) in [6, 6.07) is 8.39. The van der Waals surface area contributed by atoms with Gasteiger partial charge in [-0.05, 0) is 24.6 Å². The lowest BCUT2D eigenvalue weighted by Gasteiger charge is -2.08. The van der Waals surface area contributed by atoms with Crippen LogP contribution in [-0.4, -0.2) is 15.8 Å². The molecule has 19 heavy (non-hydrogen) atoms. The van der Waals surface area contributed by atoms with Crippen LogP contribution in [0, 0.1) is 6.92 Å². The summed E-state index contributed by atoms with van der Waals surface area (Å²) in [5, 5.41) is 8.64. The van der Waals surface area contributed by atoms with Gasteiger partial charge >= 0.3 is 0 Å². The molecule has 0 aliphatic rings. The molecule has 1 heterocycles. The van der Waals surface area contributed by atoms with Crippen LogP contribution in [0.25, 0.3) is 0 Å². The van der Waals surface area contributed by atoms with Crippen LogP contribution in [0.15, 0.2) is 30.5 Å². The minimum absolute atomic E-state index is 0.485. The van der Waals surface area contributed by atoms with Crippen LogP contribution in [0.1, 0.15) is 30.7 Å². The lowest BCUT2D eigenvalue weighted by atomic mass is 10.2. The van der Waals surface area contributed by atoms with Crippen molar-refractivity contribution in [2.45, 2.75) is 39.9 Å². The van der Waals surface area contributed by atoms with Crippen LogP contribution in [0.2, 0.25) is 5.02 Å². The normalized spacial score (nSPS) is 11.2. The predicted molar refractivity (Wildman–Crippen MR) is 79.5 cm³/mol. The number of nitrogens with one attached hydrogen (secondary N) is 1. The lowest BCUT2D eigenvalue weighted by molar-refractivity contribution is 0.585. The topological polar surface area (TPSA) is 29.9 Å². The fraction of sp³-hybridized carbons (Fsp3) is 0.400. The summed E-state index contributed by atoms with van der Waals surface area (Å²) in [5.74, 6) is 0. The number of rotatable bonds is 5. The van der Waals surface area contributed by atoms with E-state index in [2.05, 4.69) is 31.2 Å². The Hall–Kier alpha value is -1.32. The van der Waals surface area contributed by atoms with Crippen molar-refractivity contribution in [2.75, 3.05) is 0 Å². The first kappa shape index (κ1) is 14.1. The molecule has 1 aromatic heterocycles. The Morgan fingerprint density at radius 2 is 1.95 bits per heavy atom. The first-order valence-corrected chi connectivity index (χ1v) is 6.93. The van der Waals surface area contributed by atoms with Crippen molar-refractivity contribution in [3.63, 3.8) is 0 Å². The maximum absolute atomic E-state index is 5.89. The van der Waals surface area contributed by atoms with Gasteiger partial charge in [0.15, 0.2) is 0 Å². The molecule has 0 aliphatic carbocycles. The van der Waals surface area contributed by atoms with Crippen LogP contribution in [0.3, 0.4) is 0 Å². The minimum atomic E-state index is 0.485. The Morgan fingerprint density at radius 1 is 1.26 bits per heavy atom. The second-order valence-corrected chi connectivity index (χ2v) is 5.51. The Balaban J connectivity index is 2.07. The van der Waals surface area contributed by atoms with E-state index in [4.69, 9.17) is 11.6 Å². The van der Waals surface area contributed by atoms with Gasteiger partial charge in [-0.25, -0.2) is 0 Å². The molecule has 0 aliphatic heterocycles. The molecule has 0 atom stereocenters. The van der Waals surface area contributed by atoms with Gasteiger partial charge in [0, 0.05) is 28.9 Å². The number of hydrogen-bond acceptors (Lipinski definition) is 2. The highest BCUT2D eigenvalue weighted by Gasteiger charge is 2.07. The van der Waals surface area contributed by atoms with E-state index in [1.165, 1.54) is 16.8 Å². The lowest BCUT2D eigenvalue weighted by Crippen LogP contribution is -2.22. The zero-order valence-corrected chi connectivity index (χ0v) is 12.4. The van der Waals surface area contributed by atoms with Crippen molar-refractivity contribution in [2.24, 2.45) is 0 Å². The third-order valence-corrected chi connectivity index (χ3v) is 3.40. The first-order chi connectivity index (χ1) is 9.06. The fourth-order valence-electron chi connectivity index (χ4n) is 1.89. The van der Waals surface area contributed by atoms with E-state index in [1.807, 2.05) is 35.1 Å².